The van der Waals surface area contributed by atoms with Crippen molar-refractivity contribution >= 4 is 23.5 Å². The molecule has 1 aliphatic rings. The minimum Gasteiger partial charge on any atom is -0.497 e. The van der Waals surface area contributed by atoms with Crippen molar-refractivity contribution < 1.29 is 4.74 Å². The molecule has 1 aromatic carbocycles. The van der Waals surface area contributed by atoms with Crippen molar-refractivity contribution in [1.29, 1.82) is 5.26 Å². The van der Waals surface area contributed by atoms with Gasteiger partial charge in [-0.3, -0.25) is 0 Å². The second-order valence-electron chi connectivity index (χ2n) is 2.88. The maximum atomic E-state index is 8.79. The highest BCUT2D eigenvalue weighted by Gasteiger charge is 2.21. The molecule has 0 saturated heterocycles. The SMILES string of the molecule is [C-]#[N+]/C(C#N)=C1\Sc2ccc(OC)cc2S1. The molecule has 0 saturated carbocycles. The van der Waals surface area contributed by atoms with Crippen LogP contribution in [-0.2, 0) is 0 Å². The summed E-state index contributed by atoms with van der Waals surface area (Å²) < 4.78 is 5.87. The van der Waals surface area contributed by atoms with Crippen LogP contribution in [0.2, 0.25) is 0 Å². The van der Waals surface area contributed by atoms with E-state index in [0.29, 0.717) is 0 Å². The van der Waals surface area contributed by atoms with Crippen molar-refractivity contribution in [3.05, 3.63) is 39.6 Å². The maximum absolute atomic E-state index is 8.79. The quantitative estimate of drug-likeness (QED) is 0.561. The lowest BCUT2D eigenvalue weighted by atomic mass is 10.3. The van der Waals surface area contributed by atoms with Crippen LogP contribution >= 0.6 is 23.5 Å². The molecule has 0 aromatic heterocycles. The van der Waals surface area contributed by atoms with Crippen molar-refractivity contribution in [1.82, 2.24) is 0 Å². The van der Waals surface area contributed by atoms with Gasteiger partial charge in [0.05, 0.1) is 24.0 Å². The predicted octanol–water partition coefficient (Wildman–Crippen LogP) is 3.50. The summed E-state index contributed by atoms with van der Waals surface area (Å²) in [5, 5.41) is 8.79. The zero-order valence-electron chi connectivity index (χ0n) is 8.35. The van der Waals surface area contributed by atoms with Crippen LogP contribution < -0.4 is 4.74 Å². The smallest absolute Gasteiger partial charge is 0.282 e. The van der Waals surface area contributed by atoms with Crippen LogP contribution in [0.25, 0.3) is 4.85 Å². The van der Waals surface area contributed by atoms with Crippen LogP contribution in [0.5, 0.6) is 5.75 Å². The number of allylic oxidation sites excluding steroid dienone is 1. The van der Waals surface area contributed by atoms with Gasteiger partial charge in [0, 0.05) is 9.79 Å². The third-order valence-electron chi connectivity index (χ3n) is 1.97. The number of thioether (sulfide) groups is 2. The molecule has 0 N–H and O–H groups in total. The van der Waals surface area contributed by atoms with Gasteiger partial charge in [0.15, 0.2) is 0 Å². The molecular weight excluding hydrogens is 240 g/mol. The molecule has 1 aliphatic heterocycles. The molecular formula is C11H6N2OS2. The van der Waals surface area contributed by atoms with Crippen molar-refractivity contribution in [3.8, 4) is 11.8 Å². The van der Waals surface area contributed by atoms with Crippen LogP contribution in [0, 0.1) is 17.9 Å². The largest absolute Gasteiger partial charge is 0.497 e. The van der Waals surface area contributed by atoms with E-state index in [2.05, 4.69) is 4.85 Å². The minimum atomic E-state index is 0.158. The second-order valence-corrected chi connectivity index (χ2v) is 5.24. The fourth-order valence-corrected chi connectivity index (χ4v) is 3.58. The van der Waals surface area contributed by atoms with E-state index in [0.717, 1.165) is 19.8 Å². The summed E-state index contributed by atoms with van der Waals surface area (Å²) in [7, 11) is 1.62. The highest BCUT2D eigenvalue weighted by atomic mass is 32.2. The number of hydrogen-bond donors (Lipinski definition) is 0. The van der Waals surface area contributed by atoms with E-state index >= 15 is 0 Å². The molecule has 78 valence electrons. The number of ether oxygens (including phenoxy) is 1. The lowest BCUT2D eigenvalue weighted by Gasteiger charge is -2.00. The third kappa shape index (κ3) is 1.88. The first-order valence-electron chi connectivity index (χ1n) is 4.34. The van der Waals surface area contributed by atoms with Crippen molar-refractivity contribution in [2.45, 2.75) is 9.79 Å². The first kappa shape index (κ1) is 10.9. The molecule has 2 rings (SSSR count). The van der Waals surface area contributed by atoms with Crippen LogP contribution in [0.3, 0.4) is 0 Å². The first-order chi connectivity index (χ1) is 7.78. The molecule has 0 unspecified atom stereocenters. The highest BCUT2D eigenvalue weighted by Crippen LogP contribution is 2.53. The van der Waals surface area contributed by atoms with Gasteiger partial charge in [-0.15, -0.1) is 0 Å². The summed E-state index contributed by atoms with van der Waals surface area (Å²) in [5.41, 5.74) is 0.158. The number of nitrogens with zero attached hydrogens (tertiary/aromatic N) is 2. The van der Waals surface area contributed by atoms with E-state index in [1.807, 2.05) is 24.3 Å². The molecule has 16 heavy (non-hydrogen) atoms. The summed E-state index contributed by atoms with van der Waals surface area (Å²) >= 11 is 2.91. The van der Waals surface area contributed by atoms with E-state index in [9.17, 15) is 0 Å². The van der Waals surface area contributed by atoms with Crippen LogP contribution in [-0.4, -0.2) is 7.11 Å². The molecule has 0 bridgehead atoms. The molecule has 0 fully saturated rings. The zero-order chi connectivity index (χ0) is 11.5. The van der Waals surface area contributed by atoms with Gasteiger partial charge in [0.1, 0.15) is 5.75 Å². The van der Waals surface area contributed by atoms with Crippen LogP contribution in [0.15, 0.2) is 37.9 Å². The Morgan fingerprint density at radius 2 is 2.19 bits per heavy atom. The summed E-state index contributed by atoms with van der Waals surface area (Å²) in [6.07, 6.45) is 0. The summed E-state index contributed by atoms with van der Waals surface area (Å²) in [6.45, 7) is 6.90. The highest BCUT2D eigenvalue weighted by molar-refractivity contribution is 8.24. The van der Waals surface area contributed by atoms with E-state index < -0.39 is 0 Å². The van der Waals surface area contributed by atoms with Gasteiger partial charge >= 0.3 is 0 Å². The molecule has 5 heteroatoms. The van der Waals surface area contributed by atoms with Crippen LogP contribution in [0.4, 0.5) is 0 Å². The van der Waals surface area contributed by atoms with E-state index in [1.54, 1.807) is 7.11 Å². The molecule has 1 heterocycles. The van der Waals surface area contributed by atoms with E-state index in [4.69, 9.17) is 16.6 Å². The van der Waals surface area contributed by atoms with Crippen molar-refractivity contribution in [3.63, 3.8) is 0 Å². The van der Waals surface area contributed by atoms with Gasteiger partial charge in [-0.2, -0.15) is 0 Å². The molecule has 0 radical (unpaired) electrons. The third-order valence-corrected chi connectivity index (χ3v) is 4.49. The number of methoxy groups -OCH3 is 1. The fraction of sp³-hybridized carbons (Fsp3) is 0.0909. The molecule has 0 amide bonds. The number of benzene rings is 1. The normalized spacial score (nSPS) is 15.9. The van der Waals surface area contributed by atoms with Gasteiger partial charge in [0.2, 0.25) is 0 Å². The lowest BCUT2D eigenvalue weighted by molar-refractivity contribution is 0.413. The van der Waals surface area contributed by atoms with Gasteiger partial charge in [-0.1, -0.05) is 23.5 Å². The Morgan fingerprint density at radius 3 is 2.81 bits per heavy atom. The maximum Gasteiger partial charge on any atom is 0.282 e. The molecule has 1 aromatic rings. The zero-order valence-corrected chi connectivity index (χ0v) is 9.98. The Balaban J connectivity index is 2.39. The number of hydrogen-bond acceptors (Lipinski definition) is 4. The number of fused-ring (bicyclic) bond motifs is 1. The average Bonchev–Trinajstić information content (AvgIpc) is 2.72. The van der Waals surface area contributed by atoms with E-state index in [-0.39, 0.29) is 5.70 Å². The molecule has 0 spiro atoms. The Labute approximate surface area is 102 Å². The lowest BCUT2D eigenvalue weighted by Crippen LogP contribution is -1.81. The Bertz CT molecular complexity index is 536. The summed E-state index contributed by atoms with van der Waals surface area (Å²) in [5.74, 6) is 0.786. The number of rotatable bonds is 1. The summed E-state index contributed by atoms with van der Waals surface area (Å²) in [6, 6.07) is 7.64. The fourth-order valence-electron chi connectivity index (χ4n) is 1.21. The molecule has 0 aliphatic carbocycles. The minimum absolute atomic E-state index is 0.158. The van der Waals surface area contributed by atoms with Gasteiger partial charge in [-0.05, 0) is 18.2 Å². The Hall–Kier alpha value is -1.56. The summed E-state index contributed by atoms with van der Waals surface area (Å²) in [4.78, 5) is 5.31. The Morgan fingerprint density at radius 1 is 1.44 bits per heavy atom. The molecule has 3 nitrogen and oxygen atoms in total. The van der Waals surface area contributed by atoms with Gasteiger partial charge in [0.25, 0.3) is 5.70 Å². The van der Waals surface area contributed by atoms with Gasteiger partial charge < -0.3 is 4.74 Å². The molecule has 0 atom stereocenters. The monoisotopic (exact) mass is 246 g/mol. The van der Waals surface area contributed by atoms with Crippen molar-refractivity contribution in [2.75, 3.05) is 7.11 Å². The number of nitriles is 1. The van der Waals surface area contributed by atoms with Crippen LogP contribution in [0.1, 0.15) is 0 Å². The van der Waals surface area contributed by atoms with Crippen molar-refractivity contribution in [2.24, 2.45) is 0 Å². The van der Waals surface area contributed by atoms with Gasteiger partial charge in [-0.25, -0.2) is 10.1 Å². The van der Waals surface area contributed by atoms with E-state index in [1.165, 1.54) is 23.5 Å². The second kappa shape index (κ2) is 4.52. The Kier molecular flexibility index (Phi) is 3.09. The standard InChI is InChI=1S/C11H6N2OS2/c1-13-8(6-12)11-15-9-4-3-7(14-2)5-10(9)16-11/h3-5H,2H3/b11-8+. The predicted molar refractivity (Wildman–Crippen MR) is 63.9 cm³/mol. The first-order valence-corrected chi connectivity index (χ1v) is 5.97. The average molecular weight is 246 g/mol. The topological polar surface area (TPSA) is 37.4 Å².